The number of halogens is 1. The van der Waals surface area contributed by atoms with Gasteiger partial charge < -0.3 is 16.0 Å². The van der Waals surface area contributed by atoms with Crippen LogP contribution in [0.1, 0.15) is 31.1 Å². The van der Waals surface area contributed by atoms with Crippen molar-refractivity contribution in [3.05, 3.63) is 59.1 Å². The van der Waals surface area contributed by atoms with E-state index in [2.05, 4.69) is 16.0 Å². The Kier molecular flexibility index (Phi) is 6.04. The van der Waals surface area contributed by atoms with E-state index in [4.69, 9.17) is 11.6 Å². The second kappa shape index (κ2) is 8.03. The Labute approximate surface area is 152 Å². The lowest BCUT2D eigenvalue weighted by Crippen LogP contribution is -2.40. The molecule has 0 aromatic heterocycles. The summed E-state index contributed by atoms with van der Waals surface area (Å²) in [6.45, 7) is 5.83. The van der Waals surface area contributed by atoms with Crippen LogP contribution in [-0.4, -0.2) is 23.9 Å². The first-order chi connectivity index (χ1) is 11.7. The molecule has 132 valence electrons. The lowest BCUT2D eigenvalue weighted by atomic mass is 10.1. The average molecular weight is 360 g/mol. The largest absolute Gasteiger partial charge is 0.376 e. The summed E-state index contributed by atoms with van der Waals surface area (Å²) < 4.78 is 0. The average Bonchev–Trinajstić information content (AvgIpc) is 2.54. The lowest BCUT2D eigenvalue weighted by Gasteiger charge is -2.20. The molecule has 2 aromatic carbocycles. The van der Waals surface area contributed by atoms with Gasteiger partial charge in [0.15, 0.2) is 0 Å². The summed E-state index contributed by atoms with van der Waals surface area (Å²) in [7, 11) is 0. The molecular weight excluding hydrogens is 338 g/mol. The number of carbonyl (C=O) groups excluding carboxylic acids is 2. The molecule has 0 unspecified atom stereocenters. The summed E-state index contributed by atoms with van der Waals surface area (Å²) in [6, 6.07) is 14.1. The fourth-order valence-corrected chi connectivity index (χ4v) is 2.31. The van der Waals surface area contributed by atoms with Crippen molar-refractivity contribution in [2.45, 2.75) is 26.3 Å². The second-order valence-electron chi connectivity index (χ2n) is 6.67. The molecule has 0 radical (unpaired) electrons. The Morgan fingerprint density at radius 3 is 2.44 bits per heavy atom. The first-order valence-electron chi connectivity index (χ1n) is 7.95. The predicted molar refractivity (Wildman–Crippen MR) is 102 cm³/mol. The predicted octanol–water partition coefficient (Wildman–Crippen LogP) is 3.92. The molecule has 0 fully saturated rings. The summed E-state index contributed by atoms with van der Waals surface area (Å²) in [4.78, 5) is 24.2. The summed E-state index contributed by atoms with van der Waals surface area (Å²) in [5, 5.41) is 9.13. The van der Waals surface area contributed by atoms with Gasteiger partial charge >= 0.3 is 0 Å². The van der Waals surface area contributed by atoms with Crippen LogP contribution in [0.15, 0.2) is 48.5 Å². The molecule has 0 aliphatic heterocycles. The second-order valence-corrected chi connectivity index (χ2v) is 7.07. The Morgan fingerprint density at radius 1 is 1.04 bits per heavy atom. The summed E-state index contributed by atoms with van der Waals surface area (Å²) >= 11 is 6.01. The van der Waals surface area contributed by atoms with E-state index in [9.17, 15) is 9.59 Å². The van der Waals surface area contributed by atoms with Crippen LogP contribution in [-0.2, 0) is 4.79 Å². The van der Waals surface area contributed by atoms with Crippen LogP contribution in [0.2, 0.25) is 5.02 Å². The molecule has 0 spiro atoms. The van der Waals surface area contributed by atoms with Crippen molar-refractivity contribution in [3.63, 3.8) is 0 Å². The number of benzene rings is 2. The van der Waals surface area contributed by atoms with Gasteiger partial charge in [0.1, 0.15) is 0 Å². The van der Waals surface area contributed by atoms with Gasteiger partial charge in [0.05, 0.1) is 17.3 Å². The fourth-order valence-electron chi connectivity index (χ4n) is 2.12. The SMILES string of the molecule is CC(C)(C)NC(=O)c1cccc(NCC(=O)Nc2ccccc2Cl)c1. The van der Waals surface area contributed by atoms with Gasteiger partial charge in [-0.1, -0.05) is 29.8 Å². The number of carbonyl (C=O) groups is 2. The van der Waals surface area contributed by atoms with E-state index in [-0.39, 0.29) is 23.9 Å². The highest BCUT2D eigenvalue weighted by molar-refractivity contribution is 6.33. The maximum Gasteiger partial charge on any atom is 0.251 e. The molecule has 0 saturated heterocycles. The molecule has 2 amide bonds. The molecule has 0 bridgehead atoms. The van der Waals surface area contributed by atoms with Crippen molar-refractivity contribution in [2.75, 3.05) is 17.2 Å². The maximum atomic E-state index is 12.2. The van der Waals surface area contributed by atoms with Gasteiger partial charge in [-0.3, -0.25) is 9.59 Å². The molecule has 5 nitrogen and oxygen atoms in total. The molecular formula is C19H22ClN3O2. The Balaban J connectivity index is 1.95. The molecule has 0 saturated carbocycles. The van der Waals surface area contributed by atoms with Crippen molar-refractivity contribution in [1.29, 1.82) is 0 Å². The normalized spacial score (nSPS) is 10.9. The summed E-state index contributed by atoms with van der Waals surface area (Å²) in [5.74, 6) is -0.380. The highest BCUT2D eigenvalue weighted by Crippen LogP contribution is 2.20. The number of rotatable bonds is 5. The minimum absolute atomic E-state index is 0.0650. The maximum absolute atomic E-state index is 12.2. The zero-order chi connectivity index (χ0) is 18.4. The van der Waals surface area contributed by atoms with Crippen molar-refractivity contribution in [3.8, 4) is 0 Å². The molecule has 0 aliphatic carbocycles. The van der Waals surface area contributed by atoms with Crippen molar-refractivity contribution in [1.82, 2.24) is 5.32 Å². The van der Waals surface area contributed by atoms with Gasteiger partial charge in [-0.2, -0.15) is 0 Å². The molecule has 25 heavy (non-hydrogen) atoms. The first-order valence-corrected chi connectivity index (χ1v) is 8.33. The number of anilines is 2. The molecule has 0 atom stereocenters. The van der Waals surface area contributed by atoms with Crippen molar-refractivity contribution < 1.29 is 9.59 Å². The van der Waals surface area contributed by atoms with E-state index < -0.39 is 0 Å². The molecule has 0 aliphatic rings. The number of amides is 2. The standard InChI is InChI=1S/C19H22ClN3O2/c1-19(2,3)23-18(25)13-7-6-8-14(11-13)21-12-17(24)22-16-10-5-4-9-15(16)20/h4-11,21H,12H2,1-3H3,(H,22,24)(H,23,25). The van der Waals surface area contributed by atoms with Crippen LogP contribution in [0.3, 0.4) is 0 Å². The Hall–Kier alpha value is -2.53. The first kappa shape index (κ1) is 18.8. The van der Waals surface area contributed by atoms with E-state index in [0.717, 1.165) is 0 Å². The van der Waals surface area contributed by atoms with Crippen LogP contribution in [0.4, 0.5) is 11.4 Å². The minimum Gasteiger partial charge on any atom is -0.376 e. The summed E-state index contributed by atoms with van der Waals surface area (Å²) in [6.07, 6.45) is 0. The third kappa shape index (κ3) is 6.12. The molecule has 2 rings (SSSR count). The highest BCUT2D eigenvalue weighted by atomic mass is 35.5. The van der Waals surface area contributed by atoms with Crippen molar-refractivity contribution in [2.24, 2.45) is 0 Å². The van der Waals surface area contributed by atoms with Gasteiger partial charge in [-0.05, 0) is 51.1 Å². The van der Waals surface area contributed by atoms with Crippen molar-refractivity contribution >= 4 is 34.8 Å². The third-order valence-corrected chi connectivity index (χ3v) is 3.54. The number of hydrogen-bond donors (Lipinski definition) is 3. The number of hydrogen-bond acceptors (Lipinski definition) is 3. The van der Waals surface area contributed by atoms with Crippen LogP contribution in [0.5, 0.6) is 0 Å². The minimum atomic E-state index is -0.310. The highest BCUT2D eigenvalue weighted by Gasteiger charge is 2.15. The van der Waals surface area contributed by atoms with E-state index in [1.165, 1.54) is 0 Å². The number of nitrogens with one attached hydrogen (secondary N) is 3. The van der Waals surface area contributed by atoms with Crippen LogP contribution >= 0.6 is 11.6 Å². The Morgan fingerprint density at radius 2 is 1.76 bits per heavy atom. The van der Waals surface area contributed by atoms with Gasteiger partial charge in [0.25, 0.3) is 5.91 Å². The quantitative estimate of drug-likeness (QED) is 0.757. The topological polar surface area (TPSA) is 70.2 Å². The molecule has 6 heteroatoms. The van der Waals surface area contributed by atoms with E-state index in [0.29, 0.717) is 22.0 Å². The zero-order valence-corrected chi connectivity index (χ0v) is 15.3. The fraction of sp³-hybridized carbons (Fsp3) is 0.263. The number of para-hydroxylation sites is 1. The molecule has 0 heterocycles. The van der Waals surface area contributed by atoms with Crippen LogP contribution in [0.25, 0.3) is 0 Å². The molecule has 2 aromatic rings. The van der Waals surface area contributed by atoms with Gasteiger partial charge in [0.2, 0.25) is 5.91 Å². The van der Waals surface area contributed by atoms with Crippen LogP contribution < -0.4 is 16.0 Å². The summed E-state index contributed by atoms with van der Waals surface area (Å²) in [5.41, 5.74) is 1.48. The van der Waals surface area contributed by atoms with E-state index >= 15 is 0 Å². The van der Waals surface area contributed by atoms with E-state index in [1.54, 1.807) is 48.5 Å². The zero-order valence-electron chi connectivity index (χ0n) is 14.5. The monoisotopic (exact) mass is 359 g/mol. The molecule has 3 N–H and O–H groups in total. The Bertz CT molecular complexity index is 769. The van der Waals surface area contributed by atoms with Crippen LogP contribution in [0, 0.1) is 0 Å². The van der Waals surface area contributed by atoms with Gasteiger partial charge in [-0.15, -0.1) is 0 Å². The lowest BCUT2D eigenvalue weighted by molar-refractivity contribution is -0.114. The van der Waals surface area contributed by atoms with E-state index in [1.807, 2.05) is 20.8 Å². The third-order valence-electron chi connectivity index (χ3n) is 3.21. The van der Waals surface area contributed by atoms with Gasteiger partial charge in [-0.25, -0.2) is 0 Å². The van der Waals surface area contributed by atoms with Gasteiger partial charge in [0, 0.05) is 16.8 Å². The smallest absolute Gasteiger partial charge is 0.251 e.